The van der Waals surface area contributed by atoms with E-state index in [1.807, 2.05) is 30.9 Å². The highest BCUT2D eigenvalue weighted by Gasteiger charge is 2.08. The first-order valence-corrected chi connectivity index (χ1v) is 7.99. The van der Waals surface area contributed by atoms with Crippen molar-refractivity contribution in [2.45, 2.75) is 31.3 Å². The molecule has 0 aliphatic heterocycles. The third-order valence-corrected chi connectivity index (χ3v) is 4.82. The van der Waals surface area contributed by atoms with Crippen LogP contribution in [-0.4, -0.2) is 24.4 Å². The number of aromatic nitrogens is 1. The van der Waals surface area contributed by atoms with E-state index in [4.69, 9.17) is 9.72 Å². The minimum Gasteiger partial charge on any atom is -0.497 e. The number of thioether (sulfide) groups is 1. The number of nitrogens with one attached hydrogen (secondary N) is 1. The average Bonchev–Trinajstić information content (AvgIpc) is 2.50. The van der Waals surface area contributed by atoms with Gasteiger partial charge in [0.1, 0.15) is 11.6 Å². The van der Waals surface area contributed by atoms with Crippen molar-refractivity contribution in [1.29, 1.82) is 0 Å². The highest BCUT2D eigenvalue weighted by atomic mass is 32.2. The predicted molar refractivity (Wildman–Crippen MR) is 88.9 cm³/mol. The Morgan fingerprint density at radius 2 is 2.15 bits per heavy atom. The van der Waals surface area contributed by atoms with E-state index in [1.165, 1.54) is 12.0 Å². The molecule has 0 aliphatic carbocycles. The maximum Gasteiger partial charge on any atom is 0.130 e. The lowest BCUT2D eigenvalue weighted by Crippen LogP contribution is -2.01. The van der Waals surface area contributed by atoms with E-state index in [1.54, 1.807) is 7.11 Å². The molecule has 0 bridgehead atoms. The summed E-state index contributed by atoms with van der Waals surface area (Å²) in [6.45, 7) is 4.49. The second-order valence-electron chi connectivity index (χ2n) is 4.83. The molecule has 0 radical (unpaired) electrons. The quantitative estimate of drug-likeness (QED) is 0.859. The second kappa shape index (κ2) is 6.84. The van der Waals surface area contributed by atoms with Crippen molar-refractivity contribution in [2.24, 2.45) is 0 Å². The molecule has 4 heteroatoms. The SMILES string of the molecule is CCC(C)SCc1cc2ccc(OC)cc2nc1NC. The zero-order chi connectivity index (χ0) is 14.5. The lowest BCUT2D eigenvalue weighted by Gasteiger charge is -2.13. The normalized spacial score (nSPS) is 12.4. The van der Waals surface area contributed by atoms with Crippen LogP contribution < -0.4 is 10.1 Å². The van der Waals surface area contributed by atoms with Gasteiger partial charge in [-0.15, -0.1) is 0 Å². The Kier molecular flexibility index (Phi) is 5.12. The number of rotatable bonds is 6. The van der Waals surface area contributed by atoms with Crippen LogP contribution >= 0.6 is 11.8 Å². The van der Waals surface area contributed by atoms with Gasteiger partial charge in [0.2, 0.25) is 0 Å². The van der Waals surface area contributed by atoms with Crippen LogP contribution in [0.15, 0.2) is 24.3 Å². The summed E-state index contributed by atoms with van der Waals surface area (Å²) in [7, 11) is 3.60. The fraction of sp³-hybridized carbons (Fsp3) is 0.438. The minimum atomic E-state index is 0.672. The van der Waals surface area contributed by atoms with E-state index in [-0.39, 0.29) is 0 Å². The fourth-order valence-electron chi connectivity index (χ4n) is 1.99. The molecule has 1 atom stereocenters. The van der Waals surface area contributed by atoms with E-state index in [9.17, 15) is 0 Å². The number of pyridine rings is 1. The lowest BCUT2D eigenvalue weighted by molar-refractivity contribution is 0.415. The number of methoxy groups -OCH3 is 1. The number of ether oxygens (including phenoxy) is 1. The van der Waals surface area contributed by atoms with Crippen molar-refractivity contribution >= 4 is 28.5 Å². The zero-order valence-corrected chi connectivity index (χ0v) is 13.4. The summed E-state index contributed by atoms with van der Waals surface area (Å²) in [5.74, 6) is 2.79. The number of nitrogens with zero attached hydrogens (tertiary/aromatic N) is 1. The molecule has 0 aliphatic rings. The Labute approximate surface area is 125 Å². The molecule has 3 nitrogen and oxygen atoms in total. The first kappa shape index (κ1) is 15.0. The molecule has 0 saturated heterocycles. The van der Waals surface area contributed by atoms with Gasteiger partial charge in [0.15, 0.2) is 0 Å². The summed E-state index contributed by atoms with van der Waals surface area (Å²) < 4.78 is 5.26. The van der Waals surface area contributed by atoms with Gasteiger partial charge in [0.05, 0.1) is 12.6 Å². The number of hydrogen-bond acceptors (Lipinski definition) is 4. The van der Waals surface area contributed by atoms with Crippen LogP contribution in [0.1, 0.15) is 25.8 Å². The van der Waals surface area contributed by atoms with Gasteiger partial charge in [-0.3, -0.25) is 0 Å². The van der Waals surface area contributed by atoms with Crippen molar-refractivity contribution in [3.63, 3.8) is 0 Å². The second-order valence-corrected chi connectivity index (χ2v) is 6.26. The van der Waals surface area contributed by atoms with Crippen molar-refractivity contribution in [3.05, 3.63) is 29.8 Å². The summed E-state index contributed by atoms with van der Waals surface area (Å²) in [4.78, 5) is 4.70. The third-order valence-electron chi connectivity index (χ3n) is 3.44. The third kappa shape index (κ3) is 3.37. The smallest absolute Gasteiger partial charge is 0.130 e. The van der Waals surface area contributed by atoms with Crippen LogP contribution in [0.2, 0.25) is 0 Å². The van der Waals surface area contributed by atoms with Gasteiger partial charge in [-0.05, 0) is 24.6 Å². The molecule has 1 unspecified atom stereocenters. The standard InChI is InChI=1S/C16H22N2OS/c1-5-11(2)20-10-13-8-12-6-7-14(19-4)9-15(12)18-16(13)17-3/h6-9,11H,5,10H2,1-4H3,(H,17,18). The topological polar surface area (TPSA) is 34.1 Å². The van der Waals surface area contributed by atoms with Gasteiger partial charge in [0, 0.05) is 35.1 Å². The van der Waals surface area contributed by atoms with Crippen molar-refractivity contribution in [3.8, 4) is 5.75 Å². The van der Waals surface area contributed by atoms with Gasteiger partial charge in [-0.2, -0.15) is 11.8 Å². The first-order valence-electron chi connectivity index (χ1n) is 6.95. The Morgan fingerprint density at radius 3 is 2.80 bits per heavy atom. The molecule has 0 saturated carbocycles. The van der Waals surface area contributed by atoms with E-state index in [0.29, 0.717) is 5.25 Å². The van der Waals surface area contributed by atoms with E-state index < -0.39 is 0 Å². The van der Waals surface area contributed by atoms with Crippen LogP contribution in [0.4, 0.5) is 5.82 Å². The van der Waals surface area contributed by atoms with Gasteiger partial charge in [0.25, 0.3) is 0 Å². The number of hydrogen-bond donors (Lipinski definition) is 1. The van der Waals surface area contributed by atoms with Crippen LogP contribution in [0.25, 0.3) is 10.9 Å². The number of benzene rings is 1. The first-order chi connectivity index (χ1) is 9.67. The Bertz CT molecular complexity index is 586. The van der Waals surface area contributed by atoms with Gasteiger partial charge in [-0.1, -0.05) is 13.8 Å². The zero-order valence-electron chi connectivity index (χ0n) is 12.6. The van der Waals surface area contributed by atoms with E-state index in [2.05, 4.69) is 31.3 Å². The number of anilines is 1. The summed E-state index contributed by atoms with van der Waals surface area (Å²) in [6.07, 6.45) is 1.19. The summed E-state index contributed by atoms with van der Waals surface area (Å²) in [5, 5.41) is 5.03. The highest BCUT2D eigenvalue weighted by Crippen LogP contribution is 2.28. The van der Waals surface area contributed by atoms with Gasteiger partial charge in [-0.25, -0.2) is 4.98 Å². The Hall–Kier alpha value is -1.42. The molecule has 108 valence electrons. The van der Waals surface area contributed by atoms with E-state index >= 15 is 0 Å². The van der Waals surface area contributed by atoms with Crippen molar-refractivity contribution in [2.75, 3.05) is 19.5 Å². The minimum absolute atomic E-state index is 0.672. The van der Waals surface area contributed by atoms with Crippen LogP contribution in [0.5, 0.6) is 5.75 Å². The monoisotopic (exact) mass is 290 g/mol. The van der Waals surface area contributed by atoms with Crippen LogP contribution in [-0.2, 0) is 5.75 Å². The molecule has 0 fully saturated rings. The van der Waals surface area contributed by atoms with Crippen LogP contribution in [0.3, 0.4) is 0 Å². The summed E-state index contributed by atoms with van der Waals surface area (Å²) >= 11 is 1.97. The lowest BCUT2D eigenvalue weighted by atomic mass is 10.1. The molecule has 1 heterocycles. The molecule has 2 aromatic rings. The molecule has 2 rings (SSSR count). The number of fused-ring (bicyclic) bond motifs is 1. The van der Waals surface area contributed by atoms with E-state index in [0.717, 1.165) is 28.2 Å². The van der Waals surface area contributed by atoms with Gasteiger partial charge < -0.3 is 10.1 Å². The van der Waals surface area contributed by atoms with Crippen LogP contribution in [0, 0.1) is 0 Å². The summed E-state index contributed by atoms with van der Waals surface area (Å²) in [5.41, 5.74) is 2.22. The maximum atomic E-state index is 5.26. The molecule has 0 spiro atoms. The molecular weight excluding hydrogens is 268 g/mol. The maximum absolute atomic E-state index is 5.26. The highest BCUT2D eigenvalue weighted by molar-refractivity contribution is 7.99. The predicted octanol–water partition coefficient (Wildman–Crippen LogP) is 4.32. The molecule has 1 N–H and O–H groups in total. The largest absolute Gasteiger partial charge is 0.497 e. The van der Waals surface area contributed by atoms with Crippen molar-refractivity contribution < 1.29 is 4.74 Å². The molecule has 20 heavy (non-hydrogen) atoms. The molecule has 1 aromatic carbocycles. The Balaban J connectivity index is 2.34. The van der Waals surface area contributed by atoms with Gasteiger partial charge >= 0.3 is 0 Å². The molecular formula is C16H22N2OS. The average molecular weight is 290 g/mol. The molecule has 0 amide bonds. The molecule has 1 aromatic heterocycles. The van der Waals surface area contributed by atoms with Crippen molar-refractivity contribution in [1.82, 2.24) is 4.98 Å². The Morgan fingerprint density at radius 1 is 1.35 bits per heavy atom. The fourth-order valence-corrected chi connectivity index (χ4v) is 2.91. The summed E-state index contributed by atoms with van der Waals surface area (Å²) in [6, 6.07) is 8.25.